The highest BCUT2D eigenvalue weighted by Crippen LogP contribution is 2.30. The molecule has 0 saturated carbocycles. The van der Waals surface area contributed by atoms with Gasteiger partial charge in [0.15, 0.2) is 5.13 Å². The first-order valence-electron chi connectivity index (χ1n) is 6.90. The number of hydrogen-bond acceptors (Lipinski definition) is 6. The Labute approximate surface area is 122 Å². The zero-order valence-electron chi connectivity index (χ0n) is 11.8. The maximum Gasteiger partial charge on any atom is 0.225 e. The Morgan fingerprint density at radius 3 is 2.35 bits per heavy atom. The minimum absolute atomic E-state index is 0.519. The summed E-state index contributed by atoms with van der Waals surface area (Å²) >= 11 is 1.53. The summed E-state index contributed by atoms with van der Waals surface area (Å²) < 4.78 is 0. The predicted molar refractivity (Wildman–Crippen MR) is 82.2 cm³/mol. The summed E-state index contributed by atoms with van der Waals surface area (Å²) in [6, 6.07) is 2.01. The van der Waals surface area contributed by atoms with E-state index in [9.17, 15) is 0 Å². The van der Waals surface area contributed by atoms with Gasteiger partial charge in [0.25, 0.3) is 0 Å². The van der Waals surface area contributed by atoms with Crippen molar-refractivity contribution >= 4 is 22.4 Å². The lowest BCUT2D eigenvalue weighted by Gasteiger charge is -2.31. The molecule has 2 aromatic rings. The maximum atomic E-state index is 5.71. The Kier molecular flexibility index (Phi) is 3.56. The second-order valence-corrected chi connectivity index (χ2v) is 6.21. The summed E-state index contributed by atoms with van der Waals surface area (Å²) in [7, 11) is 0. The molecule has 5 nitrogen and oxygen atoms in total. The van der Waals surface area contributed by atoms with Crippen molar-refractivity contribution in [3.8, 4) is 0 Å². The number of aryl methyl sites for hydroxylation is 2. The molecule has 0 spiro atoms. The van der Waals surface area contributed by atoms with Gasteiger partial charge in [0, 0.05) is 35.8 Å². The van der Waals surface area contributed by atoms with Crippen LogP contribution in [0.4, 0.5) is 11.1 Å². The van der Waals surface area contributed by atoms with Gasteiger partial charge in [-0.25, -0.2) is 15.0 Å². The lowest BCUT2D eigenvalue weighted by molar-refractivity contribution is 0.492. The third kappa shape index (κ3) is 2.75. The number of anilines is 2. The van der Waals surface area contributed by atoms with E-state index in [-0.39, 0.29) is 0 Å². The van der Waals surface area contributed by atoms with E-state index in [4.69, 9.17) is 5.73 Å². The third-order valence-corrected chi connectivity index (χ3v) is 4.40. The zero-order chi connectivity index (χ0) is 14.1. The third-order valence-electron chi connectivity index (χ3n) is 3.71. The molecule has 0 bridgehead atoms. The maximum absolute atomic E-state index is 5.71. The topological polar surface area (TPSA) is 67.9 Å². The molecule has 0 aliphatic carbocycles. The number of piperidine rings is 1. The van der Waals surface area contributed by atoms with Crippen LogP contribution in [0, 0.1) is 13.8 Å². The molecular formula is C14H19N5S. The molecule has 3 rings (SSSR count). The summed E-state index contributed by atoms with van der Waals surface area (Å²) in [6.45, 7) is 5.99. The van der Waals surface area contributed by atoms with Crippen LogP contribution >= 0.6 is 11.3 Å². The van der Waals surface area contributed by atoms with Crippen molar-refractivity contribution in [2.45, 2.75) is 32.6 Å². The Morgan fingerprint density at radius 1 is 1.15 bits per heavy atom. The molecular weight excluding hydrogens is 270 g/mol. The van der Waals surface area contributed by atoms with E-state index < -0.39 is 0 Å². The fourth-order valence-electron chi connectivity index (χ4n) is 2.71. The van der Waals surface area contributed by atoms with Gasteiger partial charge < -0.3 is 10.6 Å². The molecule has 2 N–H and O–H groups in total. The van der Waals surface area contributed by atoms with Gasteiger partial charge in [-0.05, 0) is 32.8 Å². The fraction of sp³-hybridized carbons (Fsp3) is 0.500. The summed E-state index contributed by atoms with van der Waals surface area (Å²) in [5.41, 5.74) is 8.92. The number of aromatic nitrogens is 3. The summed E-state index contributed by atoms with van der Waals surface area (Å²) in [5.74, 6) is 1.38. The van der Waals surface area contributed by atoms with E-state index in [1.807, 2.05) is 19.9 Å². The molecule has 1 aliphatic rings. The van der Waals surface area contributed by atoms with Crippen molar-refractivity contribution in [3.05, 3.63) is 28.5 Å². The minimum atomic E-state index is 0.519. The normalized spacial score (nSPS) is 16.6. The second-order valence-electron chi connectivity index (χ2n) is 5.32. The number of nitrogens with two attached hydrogens (primary N) is 1. The van der Waals surface area contributed by atoms with Crippen LogP contribution in [0.1, 0.15) is 35.8 Å². The minimum Gasteiger partial charge on any atom is -0.375 e. The van der Waals surface area contributed by atoms with Crippen molar-refractivity contribution in [2.75, 3.05) is 23.7 Å². The first-order chi connectivity index (χ1) is 9.61. The van der Waals surface area contributed by atoms with Crippen LogP contribution in [-0.4, -0.2) is 28.0 Å². The molecule has 0 atom stereocenters. The molecule has 0 amide bonds. The van der Waals surface area contributed by atoms with E-state index in [2.05, 4.69) is 25.2 Å². The van der Waals surface area contributed by atoms with Gasteiger partial charge in [0.2, 0.25) is 5.95 Å². The Hall–Kier alpha value is -1.69. The van der Waals surface area contributed by atoms with Gasteiger partial charge >= 0.3 is 0 Å². The number of thiazole rings is 1. The van der Waals surface area contributed by atoms with Crippen LogP contribution in [0.25, 0.3) is 0 Å². The Bertz CT molecular complexity index is 581. The van der Waals surface area contributed by atoms with Crippen molar-refractivity contribution < 1.29 is 0 Å². The quantitative estimate of drug-likeness (QED) is 0.920. The van der Waals surface area contributed by atoms with Gasteiger partial charge in [-0.2, -0.15) is 0 Å². The van der Waals surface area contributed by atoms with Gasteiger partial charge in [-0.15, -0.1) is 11.3 Å². The van der Waals surface area contributed by atoms with Gasteiger partial charge in [-0.1, -0.05) is 0 Å². The Morgan fingerprint density at radius 2 is 1.80 bits per heavy atom. The van der Waals surface area contributed by atoms with Crippen LogP contribution in [0.5, 0.6) is 0 Å². The smallest absolute Gasteiger partial charge is 0.225 e. The molecule has 3 heterocycles. The average Bonchev–Trinajstić information content (AvgIpc) is 2.84. The average molecular weight is 289 g/mol. The number of rotatable bonds is 2. The molecule has 1 saturated heterocycles. The highest BCUT2D eigenvalue weighted by molar-refractivity contribution is 7.13. The fourth-order valence-corrected chi connectivity index (χ4v) is 3.36. The molecule has 1 fully saturated rings. The Balaban J connectivity index is 1.69. The van der Waals surface area contributed by atoms with Gasteiger partial charge in [0.1, 0.15) is 0 Å². The standard InChI is InChI=1S/C14H19N5S/c1-9-7-10(2)17-14(16-9)19-5-3-11(4-6-19)12-8-20-13(15)18-12/h7-8,11H,3-6H2,1-2H3,(H2,15,18). The van der Waals surface area contributed by atoms with Crippen LogP contribution in [0.2, 0.25) is 0 Å². The summed E-state index contributed by atoms with van der Waals surface area (Å²) in [6.07, 6.45) is 2.17. The first kappa shape index (κ1) is 13.3. The second kappa shape index (κ2) is 5.36. The van der Waals surface area contributed by atoms with Crippen molar-refractivity contribution in [3.63, 3.8) is 0 Å². The lowest BCUT2D eigenvalue weighted by Crippen LogP contribution is -2.34. The monoisotopic (exact) mass is 289 g/mol. The van der Waals surface area contributed by atoms with Gasteiger partial charge in [0.05, 0.1) is 5.69 Å². The lowest BCUT2D eigenvalue weighted by atomic mass is 9.94. The molecule has 6 heteroatoms. The molecule has 0 radical (unpaired) electrons. The van der Waals surface area contributed by atoms with Crippen LogP contribution in [-0.2, 0) is 0 Å². The van der Waals surface area contributed by atoms with E-state index in [1.54, 1.807) is 0 Å². The molecule has 106 valence electrons. The summed E-state index contributed by atoms with van der Waals surface area (Å²) in [5, 5.41) is 2.75. The first-order valence-corrected chi connectivity index (χ1v) is 7.78. The zero-order valence-corrected chi connectivity index (χ0v) is 12.7. The van der Waals surface area contributed by atoms with Crippen LogP contribution < -0.4 is 10.6 Å². The van der Waals surface area contributed by atoms with E-state index in [0.717, 1.165) is 49.0 Å². The molecule has 2 aromatic heterocycles. The number of nitrogens with zero attached hydrogens (tertiary/aromatic N) is 4. The van der Waals surface area contributed by atoms with E-state index in [0.29, 0.717) is 11.0 Å². The molecule has 0 aromatic carbocycles. The largest absolute Gasteiger partial charge is 0.375 e. The molecule has 20 heavy (non-hydrogen) atoms. The highest BCUT2D eigenvalue weighted by Gasteiger charge is 2.24. The number of nitrogen functional groups attached to an aromatic ring is 1. The molecule has 1 aliphatic heterocycles. The SMILES string of the molecule is Cc1cc(C)nc(N2CCC(c3csc(N)n3)CC2)n1. The van der Waals surface area contributed by atoms with Crippen molar-refractivity contribution in [1.82, 2.24) is 15.0 Å². The number of hydrogen-bond donors (Lipinski definition) is 1. The van der Waals surface area contributed by atoms with Crippen molar-refractivity contribution in [1.29, 1.82) is 0 Å². The predicted octanol–water partition coefficient (Wildman–Crippen LogP) is 2.52. The van der Waals surface area contributed by atoms with Crippen LogP contribution in [0.3, 0.4) is 0 Å². The highest BCUT2D eigenvalue weighted by atomic mass is 32.1. The van der Waals surface area contributed by atoms with Crippen molar-refractivity contribution in [2.24, 2.45) is 0 Å². The molecule has 0 unspecified atom stereocenters. The summed E-state index contributed by atoms with van der Waals surface area (Å²) in [4.78, 5) is 15.8. The van der Waals surface area contributed by atoms with E-state index >= 15 is 0 Å². The van der Waals surface area contributed by atoms with Gasteiger partial charge in [-0.3, -0.25) is 0 Å². The van der Waals surface area contributed by atoms with Crippen LogP contribution in [0.15, 0.2) is 11.4 Å². The van der Waals surface area contributed by atoms with E-state index in [1.165, 1.54) is 11.3 Å².